The monoisotopic (exact) mass is 244 g/mol. The summed E-state index contributed by atoms with van der Waals surface area (Å²) in [5, 5.41) is 4.69. The van der Waals surface area contributed by atoms with Gasteiger partial charge in [-0.3, -0.25) is 0 Å². The van der Waals surface area contributed by atoms with E-state index in [1.807, 2.05) is 0 Å². The predicted octanol–water partition coefficient (Wildman–Crippen LogP) is 5.11. The van der Waals surface area contributed by atoms with Crippen molar-refractivity contribution in [2.24, 2.45) is 5.41 Å². The maximum atomic E-state index is 6.32. The molecule has 0 aliphatic heterocycles. The van der Waals surface area contributed by atoms with Gasteiger partial charge in [-0.2, -0.15) is 11.3 Å². The topological polar surface area (TPSA) is 0 Å². The number of halogens is 1. The molecule has 0 amide bonds. The maximum absolute atomic E-state index is 6.32. The smallest absolute Gasteiger partial charge is 0.0384 e. The van der Waals surface area contributed by atoms with Crippen molar-refractivity contribution in [2.45, 2.75) is 51.8 Å². The molecule has 1 rings (SSSR count). The van der Waals surface area contributed by atoms with Crippen molar-refractivity contribution >= 4 is 22.9 Å². The number of rotatable bonds is 5. The fraction of sp³-hybridized carbons (Fsp3) is 0.692. The Hall–Kier alpha value is -0.0100. The van der Waals surface area contributed by atoms with Crippen LogP contribution < -0.4 is 0 Å². The minimum Gasteiger partial charge on any atom is -0.152 e. The lowest BCUT2D eigenvalue weighted by Crippen LogP contribution is -2.20. The van der Waals surface area contributed by atoms with Crippen molar-refractivity contribution in [3.63, 3.8) is 0 Å². The highest BCUT2D eigenvalue weighted by Gasteiger charge is 2.21. The van der Waals surface area contributed by atoms with Gasteiger partial charge in [0.25, 0.3) is 0 Å². The second kappa shape index (κ2) is 5.91. The highest BCUT2D eigenvalue weighted by atomic mass is 35.5. The summed E-state index contributed by atoms with van der Waals surface area (Å²) >= 11 is 8.10. The van der Waals surface area contributed by atoms with Gasteiger partial charge in [0.2, 0.25) is 0 Å². The van der Waals surface area contributed by atoms with Crippen LogP contribution in [0.25, 0.3) is 0 Å². The first-order valence-corrected chi connectivity index (χ1v) is 7.03. The summed E-state index contributed by atoms with van der Waals surface area (Å²) in [6.07, 6.45) is 4.84. The zero-order chi connectivity index (χ0) is 11.3. The lowest BCUT2D eigenvalue weighted by molar-refractivity contribution is 0.366. The summed E-state index contributed by atoms with van der Waals surface area (Å²) in [6.45, 7) is 6.64. The minimum absolute atomic E-state index is 0.240. The minimum atomic E-state index is 0.240. The molecule has 2 heteroatoms. The summed E-state index contributed by atoms with van der Waals surface area (Å²) in [5.74, 6) is 0. The van der Waals surface area contributed by atoms with Gasteiger partial charge in [0.1, 0.15) is 0 Å². The quantitative estimate of drug-likeness (QED) is 0.499. The molecule has 0 bridgehead atoms. The molecular weight excluding hydrogens is 224 g/mol. The molecule has 0 aliphatic rings. The summed E-state index contributed by atoms with van der Waals surface area (Å²) in [5.41, 5.74) is 1.71. The van der Waals surface area contributed by atoms with Crippen LogP contribution in [-0.2, 0) is 6.42 Å². The summed E-state index contributed by atoms with van der Waals surface area (Å²) in [6, 6.07) is 2.21. The molecule has 1 atom stereocenters. The Bertz CT molecular complexity index is 259. The Morgan fingerprint density at radius 3 is 2.60 bits per heavy atom. The van der Waals surface area contributed by atoms with Crippen molar-refractivity contribution in [2.75, 3.05) is 0 Å². The normalized spacial score (nSPS) is 14.1. The molecule has 0 aliphatic carbocycles. The van der Waals surface area contributed by atoms with E-state index in [-0.39, 0.29) is 5.41 Å². The molecule has 0 spiro atoms. The molecular formula is C13H21ClS. The van der Waals surface area contributed by atoms with Crippen LogP contribution >= 0.6 is 22.9 Å². The molecule has 0 aromatic carbocycles. The molecule has 1 unspecified atom stereocenters. The zero-order valence-electron chi connectivity index (χ0n) is 9.92. The number of hydrogen-bond donors (Lipinski definition) is 0. The number of thiophene rings is 1. The van der Waals surface area contributed by atoms with E-state index in [9.17, 15) is 0 Å². The van der Waals surface area contributed by atoms with Gasteiger partial charge in [-0.1, -0.05) is 27.2 Å². The molecule has 1 aromatic heterocycles. The van der Waals surface area contributed by atoms with E-state index >= 15 is 0 Å². The molecule has 0 nitrogen and oxygen atoms in total. The van der Waals surface area contributed by atoms with Crippen molar-refractivity contribution in [1.82, 2.24) is 0 Å². The lowest BCUT2D eigenvalue weighted by atomic mass is 9.88. The van der Waals surface area contributed by atoms with Gasteiger partial charge in [-0.05, 0) is 47.1 Å². The lowest BCUT2D eigenvalue weighted by Gasteiger charge is -2.24. The fourth-order valence-electron chi connectivity index (χ4n) is 1.52. The maximum Gasteiger partial charge on any atom is 0.0384 e. The molecule has 0 fully saturated rings. The van der Waals surface area contributed by atoms with Crippen LogP contribution in [0.15, 0.2) is 16.8 Å². The molecule has 0 saturated carbocycles. The number of unbranched alkanes of at least 4 members (excludes halogenated alkanes) is 1. The van der Waals surface area contributed by atoms with Crippen molar-refractivity contribution in [3.05, 3.63) is 22.4 Å². The van der Waals surface area contributed by atoms with Gasteiger partial charge in [0.15, 0.2) is 0 Å². The number of aryl methyl sites for hydroxylation is 1. The Kier molecular flexibility index (Phi) is 5.14. The molecule has 0 N–H and O–H groups in total. The Balaban J connectivity index is 2.12. The highest BCUT2D eigenvalue weighted by molar-refractivity contribution is 7.07. The van der Waals surface area contributed by atoms with Crippen molar-refractivity contribution < 1.29 is 0 Å². The van der Waals surface area contributed by atoms with E-state index < -0.39 is 0 Å². The molecule has 0 radical (unpaired) electrons. The third kappa shape index (κ3) is 5.03. The van der Waals surface area contributed by atoms with E-state index in [4.69, 9.17) is 11.6 Å². The van der Waals surface area contributed by atoms with Crippen LogP contribution in [-0.4, -0.2) is 5.38 Å². The average molecular weight is 245 g/mol. The largest absolute Gasteiger partial charge is 0.152 e. The number of alkyl halides is 1. The van der Waals surface area contributed by atoms with Crippen LogP contribution in [0.1, 0.15) is 45.6 Å². The van der Waals surface area contributed by atoms with E-state index in [0.717, 1.165) is 6.42 Å². The SMILES string of the molecule is CC(C)(C)C(Cl)CCCCc1ccsc1. The highest BCUT2D eigenvalue weighted by Crippen LogP contribution is 2.28. The van der Waals surface area contributed by atoms with E-state index in [0.29, 0.717) is 5.38 Å². The Morgan fingerprint density at radius 1 is 1.33 bits per heavy atom. The second-order valence-corrected chi connectivity index (χ2v) is 6.52. The van der Waals surface area contributed by atoms with E-state index in [1.165, 1.54) is 24.8 Å². The van der Waals surface area contributed by atoms with Crippen molar-refractivity contribution in [1.29, 1.82) is 0 Å². The van der Waals surface area contributed by atoms with Gasteiger partial charge >= 0.3 is 0 Å². The second-order valence-electron chi connectivity index (χ2n) is 5.21. The summed E-state index contributed by atoms with van der Waals surface area (Å²) < 4.78 is 0. The van der Waals surface area contributed by atoms with E-state index in [2.05, 4.69) is 37.6 Å². The van der Waals surface area contributed by atoms with Gasteiger partial charge < -0.3 is 0 Å². The third-order valence-corrected chi connectivity index (χ3v) is 4.30. The molecule has 15 heavy (non-hydrogen) atoms. The van der Waals surface area contributed by atoms with Crippen LogP contribution in [0.5, 0.6) is 0 Å². The van der Waals surface area contributed by atoms with Crippen LogP contribution in [0.4, 0.5) is 0 Å². The number of hydrogen-bond acceptors (Lipinski definition) is 1. The first-order chi connectivity index (χ1) is 7.00. The zero-order valence-corrected chi connectivity index (χ0v) is 11.5. The van der Waals surface area contributed by atoms with Gasteiger partial charge in [0, 0.05) is 5.38 Å². The third-order valence-electron chi connectivity index (χ3n) is 2.69. The van der Waals surface area contributed by atoms with Gasteiger partial charge in [-0.25, -0.2) is 0 Å². The van der Waals surface area contributed by atoms with Crippen LogP contribution in [0.2, 0.25) is 0 Å². The standard InChI is InChI=1S/C13H21ClS/c1-13(2,3)12(14)7-5-4-6-11-8-9-15-10-11/h8-10,12H,4-7H2,1-3H3. The van der Waals surface area contributed by atoms with Crippen LogP contribution in [0.3, 0.4) is 0 Å². The molecule has 1 heterocycles. The van der Waals surface area contributed by atoms with Gasteiger partial charge in [-0.15, -0.1) is 11.6 Å². The molecule has 1 aromatic rings. The fourth-order valence-corrected chi connectivity index (χ4v) is 2.38. The first kappa shape index (κ1) is 13.1. The Labute approximate surface area is 103 Å². The van der Waals surface area contributed by atoms with Crippen molar-refractivity contribution in [3.8, 4) is 0 Å². The Morgan fingerprint density at radius 2 is 2.07 bits per heavy atom. The average Bonchev–Trinajstić information content (AvgIpc) is 2.63. The first-order valence-electron chi connectivity index (χ1n) is 5.65. The van der Waals surface area contributed by atoms with Gasteiger partial charge in [0.05, 0.1) is 0 Å². The summed E-state index contributed by atoms with van der Waals surface area (Å²) in [4.78, 5) is 0. The summed E-state index contributed by atoms with van der Waals surface area (Å²) in [7, 11) is 0. The van der Waals surface area contributed by atoms with Crippen LogP contribution in [0, 0.1) is 5.41 Å². The predicted molar refractivity (Wildman–Crippen MR) is 71.0 cm³/mol. The van der Waals surface area contributed by atoms with E-state index in [1.54, 1.807) is 11.3 Å². The molecule has 86 valence electrons. The molecule has 0 saturated heterocycles.